The Labute approximate surface area is 132 Å². The summed E-state index contributed by atoms with van der Waals surface area (Å²) < 4.78 is 0. The van der Waals surface area contributed by atoms with Gasteiger partial charge < -0.3 is 15.1 Å². The van der Waals surface area contributed by atoms with Gasteiger partial charge in [-0.1, -0.05) is 37.3 Å². The van der Waals surface area contributed by atoms with Crippen LogP contribution in [0.25, 0.3) is 0 Å². The van der Waals surface area contributed by atoms with Gasteiger partial charge in [-0.25, -0.2) is 4.79 Å². The van der Waals surface area contributed by atoms with Crippen LogP contribution >= 0.6 is 0 Å². The number of rotatable bonds is 4. The number of urea groups is 1. The molecule has 1 atom stereocenters. The lowest BCUT2D eigenvalue weighted by molar-refractivity contribution is -0.133. The second-order valence-corrected chi connectivity index (χ2v) is 5.60. The molecule has 1 heterocycles. The lowest BCUT2D eigenvalue weighted by Gasteiger charge is -2.31. The summed E-state index contributed by atoms with van der Waals surface area (Å²) in [7, 11) is 0. The molecule has 1 saturated heterocycles. The van der Waals surface area contributed by atoms with Crippen molar-refractivity contribution in [3.8, 4) is 0 Å². The molecule has 0 saturated carbocycles. The van der Waals surface area contributed by atoms with Crippen LogP contribution in [0.2, 0.25) is 0 Å². The Bertz CT molecular complexity index is 504. The predicted molar refractivity (Wildman–Crippen MR) is 86.3 cm³/mol. The standard InChI is InChI=1S/C17H25N3O2/c1-3-15-13-19(17(22)18-4-2)11-10-16(21)20(15)12-14-8-6-5-7-9-14/h5-9,15H,3-4,10-13H2,1-2H3,(H,18,22)/t15-/m1/s1. The summed E-state index contributed by atoms with van der Waals surface area (Å²) in [5, 5.41) is 2.82. The summed E-state index contributed by atoms with van der Waals surface area (Å²) >= 11 is 0. The number of hydrogen-bond acceptors (Lipinski definition) is 2. The molecule has 5 nitrogen and oxygen atoms in total. The van der Waals surface area contributed by atoms with Gasteiger partial charge in [-0.2, -0.15) is 0 Å². The van der Waals surface area contributed by atoms with Crippen LogP contribution in [0.1, 0.15) is 32.3 Å². The molecule has 3 amide bonds. The van der Waals surface area contributed by atoms with Crippen molar-refractivity contribution in [3.05, 3.63) is 35.9 Å². The van der Waals surface area contributed by atoms with Crippen LogP contribution < -0.4 is 5.32 Å². The van der Waals surface area contributed by atoms with E-state index in [-0.39, 0.29) is 18.0 Å². The van der Waals surface area contributed by atoms with Gasteiger partial charge >= 0.3 is 6.03 Å². The SMILES string of the molecule is CCNC(=O)N1CCC(=O)N(Cc2ccccc2)[C@H](CC)C1. The number of amides is 3. The minimum atomic E-state index is -0.0738. The van der Waals surface area contributed by atoms with Gasteiger partial charge in [0.25, 0.3) is 0 Å². The van der Waals surface area contributed by atoms with Gasteiger partial charge in [0.2, 0.25) is 5.91 Å². The first-order chi connectivity index (χ1) is 10.7. The highest BCUT2D eigenvalue weighted by Gasteiger charge is 2.30. The molecule has 0 unspecified atom stereocenters. The molecular weight excluding hydrogens is 278 g/mol. The molecule has 2 rings (SSSR count). The maximum absolute atomic E-state index is 12.5. The van der Waals surface area contributed by atoms with Crippen molar-refractivity contribution in [1.29, 1.82) is 0 Å². The first-order valence-corrected chi connectivity index (χ1v) is 8.01. The highest BCUT2D eigenvalue weighted by molar-refractivity contribution is 5.79. The zero-order valence-electron chi connectivity index (χ0n) is 13.4. The molecule has 5 heteroatoms. The number of carbonyl (C=O) groups excluding carboxylic acids is 2. The van der Waals surface area contributed by atoms with Crippen LogP contribution in [0, 0.1) is 0 Å². The van der Waals surface area contributed by atoms with Gasteiger partial charge in [-0.15, -0.1) is 0 Å². The van der Waals surface area contributed by atoms with Crippen LogP contribution in [0.15, 0.2) is 30.3 Å². The number of benzene rings is 1. The van der Waals surface area contributed by atoms with Crippen molar-refractivity contribution < 1.29 is 9.59 Å². The monoisotopic (exact) mass is 303 g/mol. The maximum atomic E-state index is 12.5. The quantitative estimate of drug-likeness (QED) is 0.927. The van der Waals surface area contributed by atoms with Crippen molar-refractivity contribution in [1.82, 2.24) is 15.1 Å². The Kier molecular flexibility index (Phi) is 5.81. The van der Waals surface area contributed by atoms with Gasteiger partial charge in [-0.3, -0.25) is 4.79 Å². The Morgan fingerprint density at radius 2 is 2.00 bits per heavy atom. The van der Waals surface area contributed by atoms with Crippen molar-refractivity contribution in [2.75, 3.05) is 19.6 Å². The maximum Gasteiger partial charge on any atom is 0.317 e. The van der Waals surface area contributed by atoms with Crippen molar-refractivity contribution in [2.24, 2.45) is 0 Å². The molecular formula is C17H25N3O2. The minimum absolute atomic E-state index is 0.0674. The number of carbonyl (C=O) groups is 2. The molecule has 120 valence electrons. The zero-order chi connectivity index (χ0) is 15.9. The molecule has 0 bridgehead atoms. The molecule has 1 aliphatic heterocycles. The molecule has 1 aromatic rings. The second-order valence-electron chi connectivity index (χ2n) is 5.60. The number of nitrogens with zero attached hydrogens (tertiary/aromatic N) is 2. The second kappa shape index (κ2) is 7.82. The molecule has 0 aromatic heterocycles. The van der Waals surface area contributed by atoms with E-state index in [2.05, 4.69) is 12.2 Å². The fourth-order valence-electron chi connectivity index (χ4n) is 2.82. The molecule has 22 heavy (non-hydrogen) atoms. The summed E-state index contributed by atoms with van der Waals surface area (Å²) in [6.45, 7) is 6.28. The average Bonchev–Trinajstić information content (AvgIpc) is 2.69. The smallest absolute Gasteiger partial charge is 0.317 e. The summed E-state index contributed by atoms with van der Waals surface area (Å²) in [5.41, 5.74) is 1.13. The summed E-state index contributed by atoms with van der Waals surface area (Å²) in [6.07, 6.45) is 1.23. The van der Waals surface area contributed by atoms with Crippen LogP contribution in [0.3, 0.4) is 0 Å². The molecule has 1 N–H and O–H groups in total. The fourth-order valence-corrected chi connectivity index (χ4v) is 2.82. The molecule has 1 aromatic carbocycles. The van der Waals surface area contributed by atoms with Crippen molar-refractivity contribution in [2.45, 2.75) is 39.3 Å². The first kappa shape index (κ1) is 16.3. The average molecular weight is 303 g/mol. The van der Waals surface area contributed by atoms with E-state index >= 15 is 0 Å². The number of nitrogens with one attached hydrogen (secondary N) is 1. The van der Waals surface area contributed by atoms with E-state index < -0.39 is 0 Å². The van der Waals surface area contributed by atoms with Crippen LogP contribution in [-0.4, -0.2) is 47.4 Å². The van der Waals surface area contributed by atoms with Crippen molar-refractivity contribution in [3.63, 3.8) is 0 Å². The third-order valence-electron chi connectivity index (χ3n) is 4.07. The van der Waals surface area contributed by atoms with Crippen LogP contribution in [0.4, 0.5) is 4.79 Å². The Balaban J connectivity index is 2.12. The third-order valence-corrected chi connectivity index (χ3v) is 4.07. The van der Waals surface area contributed by atoms with Gasteiger partial charge in [0.1, 0.15) is 0 Å². The van der Waals surface area contributed by atoms with E-state index in [1.165, 1.54) is 0 Å². The van der Waals surface area contributed by atoms with Gasteiger partial charge in [0.15, 0.2) is 0 Å². The summed E-state index contributed by atoms with van der Waals surface area (Å²) in [4.78, 5) is 28.2. The Morgan fingerprint density at radius 1 is 1.27 bits per heavy atom. The van der Waals surface area contributed by atoms with E-state index in [1.807, 2.05) is 42.2 Å². The van der Waals surface area contributed by atoms with E-state index in [0.29, 0.717) is 32.6 Å². The van der Waals surface area contributed by atoms with Gasteiger partial charge in [-0.05, 0) is 18.9 Å². The zero-order valence-corrected chi connectivity index (χ0v) is 13.4. The largest absolute Gasteiger partial charge is 0.338 e. The van der Waals surface area contributed by atoms with Gasteiger partial charge in [0, 0.05) is 38.6 Å². The summed E-state index contributed by atoms with van der Waals surface area (Å²) in [6, 6.07) is 10.0. The highest BCUT2D eigenvalue weighted by Crippen LogP contribution is 2.17. The third kappa shape index (κ3) is 4.00. The van der Waals surface area contributed by atoms with E-state index in [4.69, 9.17) is 0 Å². The normalized spacial score (nSPS) is 19.0. The number of hydrogen-bond donors (Lipinski definition) is 1. The lowest BCUT2D eigenvalue weighted by Crippen LogP contribution is -2.46. The van der Waals surface area contributed by atoms with E-state index in [9.17, 15) is 9.59 Å². The topological polar surface area (TPSA) is 52.7 Å². The molecule has 0 aliphatic carbocycles. The predicted octanol–water partition coefficient (Wildman–Crippen LogP) is 2.23. The first-order valence-electron chi connectivity index (χ1n) is 8.01. The van der Waals surface area contributed by atoms with Crippen molar-refractivity contribution >= 4 is 11.9 Å². The summed E-state index contributed by atoms with van der Waals surface area (Å²) in [5.74, 6) is 0.127. The Morgan fingerprint density at radius 3 is 2.64 bits per heavy atom. The van der Waals surface area contributed by atoms with Gasteiger partial charge in [0.05, 0.1) is 0 Å². The highest BCUT2D eigenvalue weighted by atomic mass is 16.2. The molecule has 0 radical (unpaired) electrons. The van der Waals surface area contributed by atoms with Crippen LogP contribution in [0.5, 0.6) is 0 Å². The minimum Gasteiger partial charge on any atom is -0.338 e. The fraction of sp³-hybridized carbons (Fsp3) is 0.529. The van der Waals surface area contributed by atoms with E-state index in [1.54, 1.807) is 4.90 Å². The Hall–Kier alpha value is -2.04. The molecule has 1 fully saturated rings. The lowest BCUT2D eigenvalue weighted by atomic mass is 10.1. The van der Waals surface area contributed by atoms with Crippen LogP contribution in [-0.2, 0) is 11.3 Å². The molecule has 1 aliphatic rings. The molecule has 0 spiro atoms. The van der Waals surface area contributed by atoms with E-state index in [0.717, 1.165) is 12.0 Å².